The summed E-state index contributed by atoms with van der Waals surface area (Å²) in [5.74, 6) is 0.181. The summed E-state index contributed by atoms with van der Waals surface area (Å²) < 4.78 is 1.04. The van der Waals surface area contributed by atoms with E-state index >= 15 is 0 Å². The van der Waals surface area contributed by atoms with E-state index < -0.39 is 0 Å². The molecule has 0 bridgehead atoms. The monoisotopic (exact) mass is 372 g/mol. The molecule has 0 aromatic heterocycles. The number of ketones is 1. The van der Waals surface area contributed by atoms with Crippen molar-refractivity contribution in [1.29, 1.82) is 0 Å². The van der Waals surface area contributed by atoms with Gasteiger partial charge < -0.3 is 0 Å². The van der Waals surface area contributed by atoms with Crippen molar-refractivity contribution in [1.82, 2.24) is 0 Å². The lowest BCUT2D eigenvalue weighted by molar-refractivity contribution is -0.115. The smallest absolute Gasteiger partial charge is 0.147 e. The minimum absolute atomic E-state index is 0.181. The Labute approximate surface area is 104 Å². The SMILES string of the molecule is O=C(CBr)Cc1ccc(Cl)cc1I. The molecule has 4 heteroatoms. The summed E-state index contributed by atoms with van der Waals surface area (Å²) in [6.45, 7) is 0. The van der Waals surface area contributed by atoms with Crippen LogP contribution in [-0.4, -0.2) is 11.1 Å². The molecule has 0 atom stereocenters. The molecule has 70 valence electrons. The lowest BCUT2D eigenvalue weighted by Gasteiger charge is -2.02. The normalized spacial score (nSPS) is 10.1. The predicted octanol–water partition coefficient (Wildman–Crippen LogP) is 3.45. The predicted molar refractivity (Wildman–Crippen MR) is 66.7 cm³/mol. The molecule has 0 fully saturated rings. The Morgan fingerprint density at radius 1 is 1.54 bits per heavy atom. The number of hydrogen-bond acceptors (Lipinski definition) is 1. The molecule has 1 nitrogen and oxygen atoms in total. The molecule has 0 saturated heterocycles. The Morgan fingerprint density at radius 2 is 2.23 bits per heavy atom. The fraction of sp³-hybridized carbons (Fsp3) is 0.222. The van der Waals surface area contributed by atoms with Crippen molar-refractivity contribution in [2.24, 2.45) is 0 Å². The van der Waals surface area contributed by atoms with Crippen LogP contribution in [0.5, 0.6) is 0 Å². The van der Waals surface area contributed by atoms with Crippen molar-refractivity contribution in [2.75, 3.05) is 5.33 Å². The molecule has 0 spiro atoms. The van der Waals surface area contributed by atoms with Crippen molar-refractivity contribution in [3.63, 3.8) is 0 Å². The average molecular weight is 373 g/mol. The van der Waals surface area contributed by atoms with E-state index in [0.29, 0.717) is 16.8 Å². The molecular weight excluding hydrogens is 366 g/mol. The van der Waals surface area contributed by atoms with Crippen LogP contribution in [0.1, 0.15) is 5.56 Å². The number of benzene rings is 1. The largest absolute Gasteiger partial charge is 0.298 e. The number of rotatable bonds is 3. The summed E-state index contributed by atoms with van der Waals surface area (Å²) in [5.41, 5.74) is 1.04. The van der Waals surface area contributed by atoms with Crippen molar-refractivity contribution in [3.8, 4) is 0 Å². The van der Waals surface area contributed by atoms with Gasteiger partial charge in [-0.05, 0) is 40.3 Å². The topological polar surface area (TPSA) is 17.1 Å². The van der Waals surface area contributed by atoms with Gasteiger partial charge in [0, 0.05) is 15.0 Å². The molecule has 0 saturated carbocycles. The quantitative estimate of drug-likeness (QED) is 0.586. The van der Waals surface area contributed by atoms with Gasteiger partial charge in [-0.25, -0.2) is 0 Å². The first kappa shape index (κ1) is 11.5. The van der Waals surface area contributed by atoms with E-state index in [4.69, 9.17) is 11.6 Å². The maximum atomic E-state index is 11.1. The van der Waals surface area contributed by atoms with E-state index in [0.717, 1.165) is 9.13 Å². The van der Waals surface area contributed by atoms with Gasteiger partial charge in [-0.2, -0.15) is 0 Å². The van der Waals surface area contributed by atoms with Crippen LogP contribution in [0.2, 0.25) is 5.02 Å². The van der Waals surface area contributed by atoms with Crippen LogP contribution in [0.25, 0.3) is 0 Å². The second kappa shape index (κ2) is 5.32. The maximum Gasteiger partial charge on any atom is 0.147 e. The summed E-state index contributed by atoms with van der Waals surface area (Å²) in [6.07, 6.45) is 0.473. The number of carbonyl (C=O) groups is 1. The molecule has 0 amide bonds. The molecule has 0 aliphatic carbocycles. The first-order valence-corrected chi connectivity index (χ1v) is 6.23. The van der Waals surface area contributed by atoms with Crippen LogP contribution in [0.4, 0.5) is 0 Å². The highest BCUT2D eigenvalue weighted by Crippen LogP contribution is 2.18. The summed E-state index contributed by atoms with van der Waals surface area (Å²) in [6, 6.07) is 5.56. The van der Waals surface area contributed by atoms with Crippen LogP contribution in [-0.2, 0) is 11.2 Å². The van der Waals surface area contributed by atoms with Crippen molar-refractivity contribution in [3.05, 3.63) is 32.4 Å². The lowest BCUT2D eigenvalue weighted by Crippen LogP contribution is -2.04. The minimum Gasteiger partial charge on any atom is -0.298 e. The molecule has 0 N–H and O–H groups in total. The Bertz CT molecular complexity index is 327. The molecule has 0 heterocycles. The highest BCUT2D eigenvalue weighted by Gasteiger charge is 2.05. The molecule has 1 aromatic carbocycles. The van der Waals surface area contributed by atoms with E-state index in [1.165, 1.54) is 0 Å². The molecule has 1 aromatic rings. The van der Waals surface area contributed by atoms with Gasteiger partial charge >= 0.3 is 0 Å². The average Bonchev–Trinajstić information content (AvgIpc) is 2.09. The van der Waals surface area contributed by atoms with Gasteiger partial charge in [-0.1, -0.05) is 33.6 Å². The molecule has 0 unspecified atom stereocenters. The van der Waals surface area contributed by atoms with Crippen LogP contribution >= 0.6 is 50.1 Å². The summed E-state index contributed by atoms with van der Waals surface area (Å²) in [4.78, 5) is 11.1. The minimum atomic E-state index is 0.181. The Morgan fingerprint density at radius 3 is 2.77 bits per heavy atom. The number of halogens is 3. The number of carbonyl (C=O) groups excluding carboxylic acids is 1. The molecule has 0 aliphatic rings. The number of Topliss-reactive ketones (excluding diaryl/α,β-unsaturated/α-hetero) is 1. The van der Waals surface area contributed by atoms with Crippen molar-refractivity contribution >= 4 is 55.9 Å². The first-order valence-electron chi connectivity index (χ1n) is 3.65. The van der Waals surface area contributed by atoms with Crippen LogP contribution < -0.4 is 0 Å². The molecule has 0 radical (unpaired) electrons. The van der Waals surface area contributed by atoms with Gasteiger partial charge in [0.2, 0.25) is 0 Å². The van der Waals surface area contributed by atoms with E-state index in [1.807, 2.05) is 12.1 Å². The second-order valence-electron chi connectivity index (χ2n) is 2.58. The van der Waals surface area contributed by atoms with Gasteiger partial charge in [-0.15, -0.1) is 0 Å². The second-order valence-corrected chi connectivity index (χ2v) is 4.74. The fourth-order valence-corrected chi connectivity index (χ4v) is 2.19. The van der Waals surface area contributed by atoms with Gasteiger partial charge in [0.15, 0.2) is 0 Å². The van der Waals surface area contributed by atoms with E-state index in [1.54, 1.807) is 6.07 Å². The van der Waals surface area contributed by atoms with E-state index in [2.05, 4.69) is 38.5 Å². The molecular formula is C9H7BrClIO. The summed E-state index contributed by atoms with van der Waals surface area (Å²) in [5, 5.41) is 1.12. The zero-order valence-electron chi connectivity index (χ0n) is 6.69. The molecule has 0 aliphatic heterocycles. The summed E-state index contributed by atoms with van der Waals surface area (Å²) >= 11 is 11.1. The third-order valence-electron chi connectivity index (χ3n) is 1.55. The van der Waals surface area contributed by atoms with Crippen LogP contribution in [0.15, 0.2) is 18.2 Å². The van der Waals surface area contributed by atoms with Crippen LogP contribution in [0.3, 0.4) is 0 Å². The van der Waals surface area contributed by atoms with Gasteiger partial charge in [0.25, 0.3) is 0 Å². The van der Waals surface area contributed by atoms with Crippen molar-refractivity contribution in [2.45, 2.75) is 6.42 Å². The maximum absolute atomic E-state index is 11.1. The first-order chi connectivity index (χ1) is 6.13. The fourth-order valence-electron chi connectivity index (χ4n) is 0.925. The van der Waals surface area contributed by atoms with Gasteiger partial charge in [0.1, 0.15) is 5.78 Å². The standard InChI is InChI=1S/C9H7BrClIO/c10-5-8(13)3-6-1-2-7(11)4-9(6)12/h1-2,4H,3,5H2. The zero-order valence-corrected chi connectivity index (χ0v) is 11.2. The van der Waals surface area contributed by atoms with E-state index in [9.17, 15) is 4.79 Å². The number of hydrogen-bond donors (Lipinski definition) is 0. The van der Waals surface area contributed by atoms with Crippen LogP contribution in [0, 0.1) is 3.57 Å². The zero-order chi connectivity index (χ0) is 9.84. The highest BCUT2D eigenvalue weighted by molar-refractivity contribution is 14.1. The Balaban J connectivity index is 2.83. The molecule has 13 heavy (non-hydrogen) atoms. The Hall–Kier alpha value is 0.390. The summed E-state index contributed by atoms with van der Waals surface area (Å²) in [7, 11) is 0. The Kier molecular flexibility index (Phi) is 4.69. The number of alkyl halides is 1. The third kappa shape index (κ3) is 3.56. The third-order valence-corrected chi connectivity index (χ3v) is 3.42. The van der Waals surface area contributed by atoms with Gasteiger partial charge in [0.05, 0.1) is 5.33 Å². The van der Waals surface area contributed by atoms with Crippen molar-refractivity contribution < 1.29 is 4.79 Å². The van der Waals surface area contributed by atoms with Gasteiger partial charge in [-0.3, -0.25) is 4.79 Å². The lowest BCUT2D eigenvalue weighted by atomic mass is 10.1. The van der Waals surface area contributed by atoms with E-state index in [-0.39, 0.29) is 5.78 Å². The molecule has 1 rings (SSSR count). The highest BCUT2D eigenvalue weighted by atomic mass is 127.